The van der Waals surface area contributed by atoms with E-state index in [1.165, 1.54) is 11.1 Å². The van der Waals surface area contributed by atoms with Crippen LogP contribution in [0.4, 0.5) is 0 Å². The third-order valence-corrected chi connectivity index (χ3v) is 3.10. The highest BCUT2D eigenvalue weighted by molar-refractivity contribution is 5.69. The molecular weight excluding hydrogens is 200 g/mol. The van der Waals surface area contributed by atoms with Crippen LogP contribution in [0.1, 0.15) is 43.9 Å². The van der Waals surface area contributed by atoms with Crippen molar-refractivity contribution < 1.29 is 9.90 Å². The highest BCUT2D eigenvalue weighted by Gasteiger charge is 2.24. The normalized spacial score (nSPS) is 11.5. The molecule has 0 aliphatic rings. The third-order valence-electron chi connectivity index (χ3n) is 3.10. The number of hydrogen-bond acceptors (Lipinski definition) is 1. The first-order chi connectivity index (χ1) is 7.36. The van der Waals surface area contributed by atoms with Crippen molar-refractivity contribution in [1.29, 1.82) is 0 Å². The Labute approximate surface area is 97.3 Å². The molecule has 2 heteroatoms. The SMILES string of the molecule is CCc1cc(C(C)(C)CC(=O)O)ccc1C. The molecule has 0 atom stereocenters. The first kappa shape index (κ1) is 12.8. The number of rotatable bonds is 4. The van der Waals surface area contributed by atoms with Crippen LogP contribution in [0.2, 0.25) is 0 Å². The van der Waals surface area contributed by atoms with E-state index in [1.54, 1.807) is 0 Å². The van der Waals surface area contributed by atoms with Crippen molar-refractivity contribution in [2.45, 2.75) is 46.0 Å². The second-order valence-electron chi connectivity index (χ2n) is 4.95. The Balaban J connectivity index is 3.08. The summed E-state index contributed by atoms with van der Waals surface area (Å²) in [5, 5.41) is 8.89. The van der Waals surface area contributed by atoms with Gasteiger partial charge in [-0.15, -0.1) is 0 Å². The van der Waals surface area contributed by atoms with E-state index in [9.17, 15) is 4.79 Å². The largest absolute Gasteiger partial charge is 0.481 e. The molecule has 1 N–H and O–H groups in total. The van der Waals surface area contributed by atoms with Crippen molar-refractivity contribution in [2.75, 3.05) is 0 Å². The van der Waals surface area contributed by atoms with Crippen LogP contribution in [-0.4, -0.2) is 11.1 Å². The summed E-state index contributed by atoms with van der Waals surface area (Å²) in [5.74, 6) is -0.747. The maximum atomic E-state index is 10.8. The predicted molar refractivity (Wildman–Crippen MR) is 65.8 cm³/mol. The van der Waals surface area contributed by atoms with Gasteiger partial charge in [0.05, 0.1) is 6.42 Å². The smallest absolute Gasteiger partial charge is 0.304 e. The van der Waals surface area contributed by atoms with Crippen molar-refractivity contribution in [3.05, 3.63) is 34.9 Å². The number of carboxylic acid groups (broad SMARTS) is 1. The molecule has 0 spiro atoms. The minimum absolute atomic E-state index is 0.166. The van der Waals surface area contributed by atoms with Crippen LogP contribution in [0.25, 0.3) is 0 Å². The van der Waals surface area contributed by atoms with E-state index in [2.05, 4.69) is 26.0 Å². The van der Waals surface area contributed by atoms with Gasteiger partial charge in [-0.1, -0.05) is 39.0 Å². The van der Waals surface area contributed by atoms with Gasteiger partial charge in [-0.05, 0) is 30.0 Å². The molecule has 0 aliphatic carbocycles. The minimum Gasteiger partial charge on any atom is -0.481 e. The summed E-state index contributed by atoms with van der Waals surface area (Å²) in [4.78, 5) is 10.8. The molecule has 0 aliphatic heterocycles. The number of carboxylic acids is 1. The van der Waals surface area contributed by atoms with Crippen LogP contribution in [-0.2, 0) is 16.6 Å². The summed E-state index contributed by atoms with van der Waals surface area (Å²) in [6, 6.07) is 6.26. The molecule has 0 saturated carbocycles. The molecule has 88 valence electrons. The number of aliphatic carboxylic acids is 1. The van der Waals surface area contributed by atoms with Crippen LogP contribution < -0.4 is 0 Å². The third kappa shape index (κ3) is 2.84. The molecule has 1 aromatic carbocycles. The van der Waals surface area contributed by atoms with Crippen LogP contribution in [0, 0.1) is 6.92 Å². The zero-order valence-electron chi connectivity index (χ0n) is 10.5. The van der Waals surface area contributed by atoms with Gasteiger partial charge in [-0.25, -0.2) is 0 Å². The summed E-state index contributed by atoms with van der Waals surface area (Å²) in [6.07, 6.45) is 1.15. The van der Waals surface area contributed by atoms with E-state index >= 15 is 0 Å². The summed E-state index contributed by atoms with van der Waals surface area (Å²) in [7, 11) is 0. The van der Waals surface area contributed by atoms with E-state index < -0.39 is 5.97 Å². The molecule has 0 unspecified atom stereocenters. The molecule has 0 radical (unpaired) electrons. The fourth-order valence-electron chi connectivity index (χ4n) is 1.95. The summed E-state index contributed by atoms with van der Waals surface area (Å²) in [6.45, 7) is 8.17. The number of aryl methyl sites for hydroxylation is 2. The van der Waals surface area contributed by atoms with E-state index in [-0.39, 0.29) is 11.8 Å². The molecule has 0 bridgehead atoms. The van der Waals surface area contributed by atoms with Crippen LogP contribution >= 0.6 is 0 Å². The van der Waals surface area contributed by atoms with Gasteiger partial charge in [0, 0.05) is 5.41 Å². The highest BCUT2D eigenvalue weighted by atomic mass is 16.4. The van der Waals surface area contributed by atoms with Gasteiger partial charge >= 0.3 is 5.97 Å². The van der Waals surface area contributed by atoms with Gasteiger partial charge in [0.2, 0.25) is 0 Å². The quantitative estimate of drug-likeness (QED) is 0.845. The second kappa shape index (κ2) is 4.69. The van der Waals surface area contributed by atoms with Crippen LogP contribution in [0.15, 0.2) is 18.2 Å². The van der Waals surface area contributed by atoms with Crippen molar-refractivity contribution in [2.24, 2.45) is 0 Å². The van der Waals surface area contributed by atoms with Gasteiger partial charge < -0.3 is 5.11 Å². The van der Waals surface area contributed by atoms with Crippen molar-refractivity contribution in [3.63, 3.8) is 0 Å². The number of benzene rings is 1. The average molecular weight is 220 g/mol. The summed E-state index contributed by atoms with van der Waals surface area (Å²) < 4.78 is 0. The molecule has 1 rings (SSSR count). The molecule has 1 aromatic rings. The van der Waals surface area contributed by atoms with Gasteiger partial charge in [0.1, 0.15) is 0 Å². The average Bonchev–Trinajstić information content (AvgIpc) is 2.16. The molecule has 0 amide bonds. The lowest BCUT2D eigenvalue weighted by Crippen LogP contribution is -2.21. The molecule has 16 heavy (non-hydrogen) atoms. The lowest BCUT2D eigenvalue weighted by atomic mass is 9.80. The van der Waals surface area contributed by atoms with Gasteiger partial charge in [0.25, 0.3) is 0 Å². The van der Waals surface area contributed by atoms with Gasteiger partial charge in [-0.3, -0.25) is 4.79 Å². The molecule has 0 saturated heterocycles. The molecule has 0 heterocycles. The highest BCUT2D eigenvalue weighted by Crippen LogP contribution is 2.28. The number of hydrogen-bond donors (Lipinski definition) is 1. The molecule has 0 aromatic heterocycles. The Hall–Kier alpha value is -1.31. The zero-order chi connectivity index (χ0) is 12.3. The van der Waals surface area contributed by atoms with E-state index in [0.29, 0.717) is 0 Å². The topological polar surface area (TPSA) is 37.3 Å². The lowest BCUT2D eigenvalue weighted by Gasteiger charge is -2.24. The standard InChI is InChI=1S/C14H20O2/c1-5-11-8-12(7-6-10(11)2)14(3,4)9-13(15)16/h6-8H,5,9H2,1-4H3,(H,15,16). The van der Waals surface area contributed by atoms with Crippen molar-refractivity contribution in [3.8, 4) is 0 Å². The summed E-state index contributed by atoms with van der Waals surface area (Å²) in [5.41, 5.74) is 3.38. The predicted octanol–water partition coefficient (Wildman–Crippen LogP) is 3.31. The summed E-state index contributed by atoms with van der Waals surface area (Å²) >= 11 is 0. The van der Waals surface area contributed by atoms with Crippen molar-refractivity contribution in [1.82, 2.24) is 0 Å². The Morgan fingerprint density at radius 3 is 2.50 bits per heavy atom. The molecule has 2 nitrogen and oxygen atoms in total. The van der Waals surface area contributed by atoms with Crippen molar-refractivity contribution >= 4 is 5.97 Å². The first-order valence-corrected chi connectivity index (χ1v) is 5.68. The Morgan fingerprint density at radius 1 is 1.38 bits per heavy atom. The Kier molecular flexibility index (Phi) is 3.74. The van der Waals surface area contributed by atoms with Gasteiger partial charge in [-0.2, -0.15) is 0 Å². The maximum absolute atomic E-state index is 10.8. The Morgan fingerprint density at radius 2 is 2.00 bits per heavy atom. The fraction of sp³-hybridized carbons (Fsp3) is 0.500. The number of carbonyl (C=O) groups is 1. The van der Waals surface area contributed by atoms with Crippen LogP contribution in [0.3, 0.4) is 0 Å². The van der Waals surface area contributed by atoms with E-state index in [0.717, 1.165) is 12.0 Å². The zero-order valence-corrected chi connectivity index (χ0v) is 10.5. The molecule has 0 fully saturated rings. The fourth-order valence-corrected chi connectivity index (χ4v) is 1.95. The minimum atomic E-state index is -0.747. The maximum Gasteiger partial charge on any atom is 0.304 e. The monoisotopic (exact) mass is 220 g/mol. The van der Waals surface area contributed by atoms with Gasteiger partial charge in [0.15, 0.2) is 0 Å². The van der Waals surface area contributed by atoms with E-state index in [1.807, 2.05) is 19.9 Å². The molecular formula is C14H20O2. The van der Waals surface area contributed by atoms with E-state index in [4.69, 9.17) is 5.11 Å². The first-order valence-electron chi connectivity index (χ1n) is 5.68. The lowest BCUT2D eigenvalue weighted by molar-refractivity contribution is -0.138. The Bertz CT molecular complexity index is 392. The van der Waals surface area contributed by atoms with Crippen LogP contribution in [0.5, 0.6) is 0 Å². The second-order valence-corrected chi connectivity index (χ2v) is 4.95.